The Balaban J connectivity index is 1.60. The summed E-state index contributed by atoms with van der Waals surface area (Å²) in [6, 6.07) is 9.99. The van der Waals surface area contributed by atoms with E-state index in [0.29, 0.717) is 41.4 Å². The van der Waals surface area contributed by atoms with E-state index in [-0.39, 0.29) is 36.0 Å². The molecule has 0 aliphatic carbocycles. The number of hydrogen-bond acceptors (Lipinski definition) is 5. The Kier molecular flexibility index (Phi) is 8.81. The van der Waals surface area contributed by atoms with Gasteiger partial charge in [0.25, 0.3) is 0 Å². The van der Waals surface area contributed by atoms with E-state index in [4.69, 9.17) is 13.9 Å². The number of aromatic carboxylic acids is 1. The third kappa shape index (κ3) is 7.42. The zero-order valence-electron chi connectivity index (χ0n) is 21.6. The highest BCUT2D eigenvalue weighted by molar-refractivity contribution is 5.91. The van der Waals surface area contributed by atoms with Crippen LogP contribution in [0.5, 0.6) is 0 Å². The van der Waals surface area contributed by atoms with Crippen molar-refractivity contribution in [3.63, 3.8) is 0 Å². The number of oxazole rings is 1. The summed E-state index contributed by atoms with van der Waals surface area (Å²) < 4.78 is 56.3. The Labute approximate surface area is 214 Å². The number of benzene rings is 2. The first-order chi connectivity index (χ1) is 17.3. The highest BCUT2D eigenvalue weighted by Gasteiger charge is 2.30. The van der Waals surface area contributed by atoms with Crippen molar-refractivity contribution in [3.8, 4) is 11.5 Å². The number of carboxylic acid groups (broad SMARTS) is 1. The van der Waals surface area contributed by atoms with Crippen molar-refractivity contribution in [1.29, 1.82) is 0 Å². The van der Waals surface area contributed by atoms with E-state index in [1.807, 2.05) is 27.7 Å². The van der Waals surface area contributed by atoms with Crippen LogP contribution >= 0.6 is 0 Å². The number of alkyl halides is 3. The van der Waals surface area contributed by atoms with Crippen molar-refractivity contribution in [3.05, 3.63) is 76.2 Å². The van der Waals surface area contributed by atoms with Crippen molar-refractivity contribution in [2.75, 3.05) is 13.2 Å². The molecule has 3 aromatic rings. The zero-order valence-corrected chi connectivity index (χ0v) is 21.6. The number of hydrogen-bond donors (Lipinski definition) is 1. The van der Waals surface area contributed by atoms with Crippen molar-refractivity contribution in [2.24, 2.45) is 5.41 Å². The zero-order chi connectivity index (χ0) is 27.4. The van der Waals surface area contributed by atoms with Crippen LogP contribution in [-0.4, -0.2) is 29.3 Å². The number of nitrogens with zero attached hydrogens (tertiary/aromatic N) is 1. The maximum atomic E-state index is 12.9. The van der Waals surface area contributed by atoms with Gasteiger partial charge < -0.3 is 19.0 Å². The van der Waals surface area contributed by atoms with Crippen LogP contribution in [-0.2, 0) is 28.9 Å². The van der Waals surface area contributed by atoms with E-state index >= 15 is 0 Å². The molecule has 0 saturated carbocycles. The van der Waals surface area contributed by atoms with E-state index < -0.39 is 17.7 Å². The molecule has 0 spiro atoms. The molecule has 1 N–H and O–H groups in total. The SMILES string of the molecule is Cc1cccc(COCC(C)(C)COCc2nc(-c3ccc(C(F)(F)F)cc3)oc2C(C)C)c1C(=O)O. The maximum absolute atomic E-state index is 12.9. The minimum Gasteiger partial charge on any atom is -0.478 e. The van der Waals surface area contributed by atoms with E-state index in [9.17, 15) is 23.1 Å². The molecule has 0 saturated heterocycles. The topological polar surface area (TPSA) is 81.8 Å². The fourth-order valence-corrected chi connectivity index (χ4v) is 3.90. The Morgan fingerprint density at radius 3 is 2.22 bits per heavy atom. The number of aromatic nitrogens is 1. The van der Waals surface area contributed by atoms with Crippen LogP contribution in [0.4, 0.5) is 13.2 Å². The number of halogens is 3. The fraction of sp³-hybridized carbons (Fsp3) is 0.429. The molecule has 6 nitrogen and oxygen atoms in total. The molecule has 0 atom stereocenters. The lowest BCUT2D eigenvalue weighted by Crippen LogP contribution is -2.26. The molecule has 9 heteroatoms. The second-order valence-electron chi connectivity index (χ2n) is 10.1. The fourth-order valence-electron chi connectivity index (χ4n) is 3.90. The number of ether oxygens (including phenoxy) is 2. The average molecular weight is 520 g/mol. The molecule has 1 aromatic heterocycles. The van der Waals surface area contributed by atoms with E-state index in [1.54, 1.807) is 25.1 Å². The average Bonchev–Trinajstić information content (AvgIpc) is 3.22. The van der Waals surface area contributed by atoms with Gasteiger partial charge in [0.15, 0.2) is 0 Å². The summed E-state index contributed by atoms with van der Waals surface area (Å²) in [6.45, 7) is 10.6. The highest BCUT2D eigenvalue weighted by Crippen LogP contribution is 2.32. The van der Waals surface area contributed by atoms with E-state index in [2.05, 4.69) is 4.98 Å². The number of carboxylic acids is 1. The van der Waals surface area contributed by atoms with E-state index in [0.717, 1.165) is 12.1 Å². The number of aryl methyl sites for hydroxylation is 1. The second-order valence-corrected chi connectivity index (χ2v) is 10.1. The van der Waals surface area contributed by atoms with Gasteiger partial charge in [-0.3, -0.25) is 0 Å². The summed E-state index contributed by atoms with van der Waals surface area (Å²) in [7, 11) is 0. The molecule has 3 rings (SSSR count). The van der Waals surface area contributed by atoms with Gasteiger partial charge in [-0.1, -0.05) is 45.9 Å². The molecule has 0 unspecified atom stereocenters. The first-order valence-electron chi connectivity index (χ1n) is 11.9. The van der Waals surface area contributed by atoms with Gasteiger partial charge in [-0.2, -0.15) is 13.2 Å². The molecule has 2 aromatic carbocycles. The van der Waals surface area contributed by atoms with Crippen LogP contribution in [0.1, 0.15) is 72.1 Å². The maximum Gasteiger partial charge on any atom is 0.416 e. The molecular weight excluding hydrogens is 487 g/mol. The van der Waals surface area contributed by atoms with Crippen LogP contribution < -0.4 is 0 Å². The predicted octanol–water partition coefficient (Wildman–Crippen LogP) is 7.25. The smallest absolute Gasteiger partial charge is 0.416 e. The number of rotatable bonds is 11. The molecule has 0 bridgehead atoms. The lowest BCUT2D eigenvalue weighted by molar-refractivity contribution is -0.137. The van der Waals surface area contributed by atoms with Gasteiger partial charge in [0, 0.05) is 16.9 Å². The predicted molar refractivity (Wildman–Crippen MR) is 132 cm³/mol. The van der Waals surface area contributed by atoms with Crippen molar-refractivity contribution in [1.82, 2.24) is 4.98 Å². The summed E-state index contributed by atoms with van der Waals surface area (Å²) in [5, 5.41) is 9.48. The quantitative estimate of drug-likeness (QED) is 0.287. The van der Waals surface area contributed by atoms with Crippen LogP contribution in [0.2, 0.25) is 0 Å². The van der Waals surface area contributed by atoms with Gasteiger partial charge in [0.05, 0.1) is 37.6 Å². The Morgan fingerprint density at radius 1 is 1.03 bits per heavy atom. The third-order valence-corrected chi connectivity index (χ3v) is 5.77. The van der Waals surface area contributed by atoms with Gasteiger partial charge in [0.2, 0.25) is 5.89 Å². The summed E-state index contributed by atoms with van der Waals surface area (Å²) >= 11 is 0. The molecule has 37 heavy (non-hydrogen) atoms. The van der Waals surface area contributed by atoms with Crippen LogP contribution in [0.3, 0.4) is 0 Å². The van der Waals surface area contributed by atoms with Gasteiger partial charge in [-0.15, -0.1) is 0 Å². The summed E-state index contributed by atoms with van der Waals surface area (Å²) in [4.78, 5) is 16.1. The largest absolute Gasteiger partial charge is 0.478 e. The Morgan fingerprint density at radius 2 is 1.65 bits per heavy atom. The highest BCUT2D eigenvalue weighted by atomic mass is 19.4. The van der Waals surface area contributed by atoms with Crippen LogP contribution in [0, 0.1) is 12.3 Å². The van der Waals surface area contributed by atoms with Crippen molar-refractivity contribution < 1.29 is 37.0 Å². The molecule has 0 amide bonds. The molecule has 0 fully saturated rings. The van der Waals surface area contributed by atoms with Gasteiger partial charge in [-0.05, 0) is 42.3 Å². The minimum absolute atomic E-state index is 0.00315. The molecule has 0 aliphatic heterocycles. The van der Waals surface area contributed by atoms with Crippen LogP contribution in [0.25, 0.3) is 11.5 Å². The molecular formula is C28H32F3NO5. The Bertz CT molecular complexity index is 1210. The molecule has 0 radical (unpaired) electrons. The summed E-state index contributed by atoms with van der Waals surface area (Å²) in [5.41, 5.74) is 1.49. The Hall–Kier alpha value is -3.17. The summed E-state index contributed by atoms with van der Waals surface area (Å²) in [5.74, 6) is -0.123. The molecule has 200 valence electrons. The van der Waals surface area contributed by atoms with Crippen molar-refractivity contribution >= 4 is 5.97 Å². The first-order valence-corrected chi connectivity index (χ1v) is 11.9. The van der Waals surface area contributed by atoms with Gasteiger partial charge in [-0.25, -0.2) is 9.78 Å². The molecule has 1 heterocycles. The second kappa shape index (κ2) is 11.5. The lowest BCUT2D eigenvalue weighted by atomic mass is 9.96. The minimum atomic E-state index is -4.41. The number of carbonyl (C=O) groups is 1. The van der Waals surface area contributed by atoms with Gasteiger partial charge in [0.1, 0.15) is 11.5 Å². The molecule has 0 aliphatic rings. The lowest BCUT2D eigenvalue weighted by Gasteiger charge is -2.24. The van der Waals surface area contributed by atoms with Gasteiger partial charge >= 0.3 is 12.1 Å². The summed E-state index contributed by atoms with van der Waals surface area (Å²) in [6.07, 6.45) is -4.41. The van der Waals surface area contributed by atoms with E-state index in [1.165, 1.54) is 12.1 Å². The van der Waals surface area contributed by atoms with Crippen molar-refractivity contribution in [2.45, 2.75) is 59.9 Å². The standard InChI is InChI=1S/C28H32F3NO5/c1-17(2)24-22(32-25(37-24)19-9-11-21(12-10-19)28(29,30)31)14-36-16-27(4,5)15-35-13-20-8-6-7-18(3)23(20)26(33)34/h6-12,17H,13-16H2,1-5H3,(H,33,34). The third-order valence-electron chi connectivity index (χ3n) is 5.77. The first kappa shape index (κ1) is 28.4. The normalized spacial score (nSPS) is 12.4. The van der Waals surface area contributed by atoms with Crippen LogP contribution in [0.15, 0.2) is 46.9 Å². The monoisotopic (exact) mass is 519 g/mol.